The molecule has 0 saturated carbocycles. The Morgan fingerprint density at radius 1 is 1.14 bits per heavy atom. The maximum Gasteiger partial charge on any atom is 0.272 e. The number of carbonyl (C=O) groups is 1. The second-order valence-electron chi connectivity index (χ2n) is 6.68. The van der Waals surface area contributed by atoms with E-state index in [2.05, 4.69) is 20.3 Å². The third kappa shape index (κ3) is 5.51. The summed E-state index contributed by atoms with van der Waals surface area (Å²) in [6.45, 7) is 2.91. The summed E-state index contributed by atoms with van der Waals surface area (Å²) >= 11 is 0. The lowest BCUT2D eigenvalue weighted by Gasteiger charge is -2.17. The molecule has 2 aromatic heterocycles. The summed E-state index contributed by atoms with van der Waals surface area (Å²) < 4.78 is 5.38. The van der Waals surface area contributed by atoms with Gasteiger partial charge in [0.1, 0.15) is 23.1 Å². The molecule has 0 atom stereocenters. The lowest BCUT2D eigenvalue weighted by Crippen LogP contribution is -2.30. The van der Waals surface area contributed by atoms with E-state index in [9.17, 15) is 4.79 Å². The molecule has 150 valence electrons. The van der Waals surface area contributed by atoms with Gasteiger partial charge in [-0.05, 0) is 37.1 Å². The van der Waals surface area contributed by atoms with E-state index in [-0.39, 0.29) is 5.91 Å². The molecule has 1 N–H and O–H groups in total. The van der Waals surface area contributed by atoms with Crippen LogP contribution in [0.15, 0.2) is 54.9 Å². The smallest absolute Gasteiger partial charge is 0.272 e. The fourth-order valence-electron chi connectivity index (χ4n) is 2.95. The second-order valence-corrected chi connectivity index (χ2v) is 6.68. The molecule has 1 aromatic carbocycles. The van der Waals surface area contributed by atoms with Gasteiger partial charge in [0.25, 0.3) is 5.91 Å². The third-order valence-electron chi connectivity index (χ3n) is 4.54. The van der Waals surface area contributed by atoms with E-state index < -0.39 is 0 Å². The zero-order valence-corrected chi connectivity index (χ0v) is 16.9. The molecule has 0 unspecified atom stereocenters. The Labute approximate surface area is 170 Å². The Balaban J connectivity index is 1.66. The molecule has 0 radical (unpaired) electrons. The summed E-state index contributed by atoms with van der Waals surface area (Å²) in [5.74, 6) is 1.82. The van der Waals surface area contributed by atoms with Crippen LogP contribution in [0.3, 0.4) is 0 Å². The van der Waals surface area contributed by atoms with E-state index in [0.717, 1.165) is 23.3 Å². The van der Waals surface area contributed by atoms with Crippen molar-refractivity contribution in [3.05, 3.63) is 77.5 Å². The van der Waals surface area contributed by atoms with Crippen molar-refractivity contribution in [2.24, 2.45) is 0 Å². The van der Waals surface area contributed by atoms with Gasteiger partial charge in [0.2, 0.25) is 0 Å². The number of anilines is 1. The van der Waals surface area contributed by atoms with Crippen LogP contribution < -0.4 is 10.1 Å². The van der Waals surface area contributed by atoms with E-state index >= 15 is 0 Å². The van der Waals surface area contributed by atoms with Crippen LogP contribution in [-0.4, -0.2) is 46.5 Å². The number of carbonyl (C=O) groups excluding carboxylic acids is 1. The van der Waals surface area contributed by atoms with Crippen LogP contribution in [0, 0.1) is 6.92 Å². The first kappa shape index (κ1) is 20.3. The van der Waals surface area contributed by atoms with Crippen molar-refractivity contribution in [1.29, 1.82) is 0 Å². The van der Waals surface area contributed by atoms with Crippen molar-refractivity contribution < 1.29 is 9.53 Å². The van der Waals surface area contributed by atoms with Gasteiger partial charge in [-0.1, -0.05) is 18.2 Å². The average molecular weight is 391 g/mol. The molecule has 0 aliphatic heterocycles. The Hall–Kier alpha value is -3.48. The predicted molar refractivity (Wildman–Crippen MR) is 112 cm³/mol. The van der Waals surface area contributed by atoms with E-state index in [4.69, 9.17) is 4.74 Å². The maximum absolute atomic E-state index is 12.8. The summed E-state index contributed by atoms with van der Waals surface area (Å²) in [5.41, 5.74) is 2.52. The zero-order chi connectivity index (χ0) is 20.6. The lowest BCUT2D eigenvalue weighted by molar-refractivity contribution is 0.0790. The molecular weight excluding hydrogens is 366 g/mol. The van der Waals surface area contributed by atoms with Crippen molar-refractivity contribution >= 4 is 11.7 Å². The fourth-order valence-corrected chi connectivity index (χ4v) is 2.95. The number of nitrogens with one attached hydrogen (secondary N) is 1. The number of para-hydroxylation sites is 1. The molecule has 0 aliphatic carbocycles. The Kier molecular flexibility index (Phi) is 6.73. The molecule has 3 rings (SSSR count). The Bertz CT molecular complexity index is 962. The molecule has 0 bridgehead atoms. The van der Waals surface area contributed by atoms with Crippen molar-refractivity contribution in [3.8, 4) is 5.75 Å². The van der Waals surface area contributed by atoms with Crippen LogP contribution in [0.25, 0.3) is 0 Å². The molecule has 0 aliphatic rings. The summed E-state index contributed by atoms with van der Waals surface area (Å²) in [6, 6.07) is 13.4. The van der Waals surface area contributed by atoms with Crippen LogP contribution in [-0.2, 0) is 13.0 Å². The number of benzene rings is 1. The van der Waals surface area contributed by atoms with E-state index in [0.29, 0.717) is 30.4 Å². The molecular formula is C22H25N5O2. The standard InChI is InChI=1S/C22H25N5O2/c1-16-25-19(22(28)27(2)13-10-17-8-11-23-12-9-17)14-21(26-16)24-15-18-6-4-5-7-20(18)29-3/h4-9,11-12,14H,10,13,15H2,1-3H3,(H,24,25,26). The number of aryl methyl sites for hydroxylation is 1. The Morgan fingerprint density at radius 3 is 2.66 bits per heavy atom. The fraction of sp³-hybridized carbons (Fsp3) is 0.273. The van der Waals surface area contributed by atoms with Gasteiger partial charge >= 0.3 is 0 Å². The van der Waals surface area contributed by atoms with Crippen LogP contribution >= 0.6 is 0 Å². The molecule has 7 heteroatoms. The van der Waals surface area contributed by atoms with Crippen LogP contribution in [0.1, 0.15) is 27.4 Å². The number of ether oxygens (including phenoxy) is 1. The number of likely N-dealkylation sites (N-methyl/N-ethyl adjacent to an activating group) is 1. The molecule has 3 aromatic rings. The highest BCUT2D eigenvalue weighted by Crippen LogP contribution is 2.19. The highest BCUT2D eigenvalue weighted by Gasteiger charge is 2.15. The molecule has 0 fully saturated rings. The van der Waals surface area contributed by atoms with Crippen molar-refractivity contribution in [2.45, 2.75) is 19.9 Å². The van der Waals surface area contributed by atoms with Gasteiger partial charge in [-0.15, -0.1) is 0 Å². The highest BCUT2D eigenvalue weighted by atomic mass is 16.5. The van der Waals surface area contributed by atoms with E-state index in [1.807, 2.05) is 36.4 Å². The quantitative estimate of drug-likeness (QED) is 0.636. The van der Waals surface area contributed by atoms with Gasteiger partial charge in [-0.2, -0.15) is 0 Å². The average Bonchev–Trinajstić information content (AvgIpc) is 2.76. The van der Waals surface area contributed by atoms with Crippen molar-refractivity contribution in [3.63, 3.8) is 0 Å². The lowest BCUT2D eigenvalue weighted by atomic mass is 10.2. The first-order chi connectivity index (χ1) is 14.1. The summed E-state index contributed by atoms with van der Waals surface area (Å²) in [4.78, 5) is 27.2. The topological polar surface area (TPSA) is 80.2 Å². The molecule has 7 nitrogen and oxygen atoms in total. The highest BCUT2D eigenvalue weighted by molar-refractivity contribution is 5.92. The minimum absolute atomic E-state index is 0.134. The summed E-state index contributed by atoms with van der Waals surface area (Å²) in [6.07, 6.45) is 4.27. The maximum atomic E-state index is 12.8. The van der Waals surface area contributed by atoms with Gasteiger partial charge < -0.3 is 15.0 Å². The number of hydrogen-bond acceptors (Lipinski definition) is 6. The molecule has 0 spiro atoms. The second kappa shape index (κ2) is 9.64. The molecule has 29 heavy (non-hydrogen) atoms. The molecule has 2 heterocycles. The number of rotatable bonds is 8. The first-order valence-electron chi connectivity index (χ1n) is 9.42. The normalized spacial score (nSPS) is 10.4. The number of aromatic nitrogens is 3. The molecule has 1 amide bonds. The largest absolute Gasteiger partial charge is 0.496 e. The SMILES string of the molecule is COc1ccccc1CNc1cc(C(=O)N(C)CCc2ccncc2)nc(C)n1. The number of amides is 1. The first-order valence-corrected chi connectivity index (χ1v) is 9.42. The van der Waals surface area contributed by atoms with E-state index in [1.165, 1.54) is 0 Å². The Morgan fingerprint density at radius 2 is 1.90 bits per heavy atom. The predicted octanol–water partition coefficient (Wildman–Crippen LogP) is 3.12. The summed E-state index contributed by atoms with van der Waals surface area (Å²) in [5, 5.41) is 3.26. The van der Waals surface area contributed by atoms with Crippen LogP contribution in [0.5, 0.6) is 5.75 Å². The van der Waals surface area contributed by atoms with Crippen molar-refractivity contribution in [1.82, 2.24) is 19.9 Å². The van der Waals surface area contributed by atoms with Gasteiger partial charge in [0, 0.05) is 44.2 Å². The monoisotopic (exact) mass is 391 g/mol. The third-order valence-corrected chi connectivity index (χ3v) is 4.54. The van der Waals surface area contributed by atoms with Gasteiger partial charge in [0.15, 0.2) is 0 Å². The zero-order valence-electron chi connectivity index (χ0n) is 16.9. The van der Waals surface area contributed by atoms with E-state index in [1.54, 1.807) is 44.4 Å². The minimum atomic E-state index is -0.134. The van der Waals surface area contributed by atoms with Gasteiger partial charge in [-0.25, -0.2) is 9.97 Å². The van der Waals surface area contributed by atoms with Crippen LogP contribution in [0.2, 0.25) is 0 Å². The van der Waals surface area contributed by atoms with Gasteiger partial charge in [-0.3, -0.25) is 9.78 Å². The van der Waals surface area contributed by atoms with Gasteiger partial charge in [0.05, 0.1) is 7.11 Å². The number of nitrogens with zero attached hydrogens (tertiary/aromatic N) is 4. The number of hydrogen-bond donors (Lipinski definition) is 1. The van der Waals surface area contributed by atoms with Crippen LogP contribution in [0.4, 0.5) is 5.82 Å². The van der Waals surface area contributed by atoms with Crippen molar-refractivity contribution in [2.75, 3.05) is 26.0 Å². The summed E-state index contributed by atoms with van der Waals surface area (Å²) in [7, 11) is 3.43. The minimum Gasteiger partial charge on any atom is -0.496 e. The number of pyridine rings is 1. The number of methoxy groups -OCH3 is 1. The molecule has 0 saturated heterocycles.